The third kappa shape index (κ3) is 2.95. The van der Waals surface area contributed by atoms with E-state index in [1.54, 1.807) is 4.68 Å². The number of benzene rings is 1. The van der Waals surface area contributed by atoms with E-state index in [0.717, 1.165) is 11.3 Å². The van der Waals surface area contributed by atoms with E-state index in [4.69, 9.17) is 11.6 Å². The zero-order valence-electron chi connectivity index (χ0n) is 11.1. The Morgan fingerprint density at radius 1 is 1.32 bits per heavy atom. The molecular formula is C14H16BrClN2O. The molecule has 3 nitrogen and oxygen atoms in total. The third-order valence-electron chi connectivity index (χ3n) is 2.94. The quantitative estimate of drug-likeness (QED) is 0.881. The Balaban J connectivity index is 2.43. The fraction of sp³-hybridized carbons (Fsp3) is 0.357. The summed E-state index contributed by atoms with van der Waals surface area (Å²) in [6.07, 6.45) is 0. The van der Waals surface area contributed by atoms with Crippen molar-refractivity contribution in [1.29, 1.82) is 0 Å². The first kappa shape index (κ1) is 14.4. The van der Waals surface area contributed by atoms with Crippen LogP contribution in [0.4, 0.5) is 0 Å². The summed E-state index contributed by atoms with van der Waals surface area (Å²) in [5.41, 5.74) is 1.62. The van der Waals surface area contributed by atoms with Crippen LogP contribution in [-0.4, -0.2) is 9.78 Å². The molecule has 0 spiro atoms. The molecule has 1 heterocycles. The van der Waals surface area contributed by atoms with E-state index < -0.39 is 0 Å². The summed E-state index contributed by atoms with van der Waals surface area (Å²) in [7, 11) is 0. The summed E-state index contributed by atoms with van der Waals surface area (Å²) >= 11 is 9.49. The highest BCUT2D eigenvalue weighted by Gasteiger charge is 2.23. The lowest BCUT2D eigenvalue weighted by Gasteiger charge is -2.16. The fourth-order valence-corrected chi connectivity index (χ4v) is 2.96. The van der Waals surface area contributed by atoms with Crippen molar-refractivity contribution in [2.45, 2.75) is 32.7 Å². The van der Waals surface area contributed by atoms with Crippen molar-refractivity contribution in [1.82, 2.24) is 9.78 Å². The van der Waals surface area contributed by atoms with E-state index in [2.05, 4.69) is 41.8 Å². The molecule has 0 amide bonds. The van der Waals surface area contributed by atoms with Crippen molar-refractivity contribution in [3.63, 3.8) is 0 Å². The highest BCUT2D eigenvalue weighted by Crippen LogP contribution is 2.26. The molecule has 0 atom stereocenters. The van der Waals surface area contributed by atoms with Crippen molar-refractivity contribution in [2.24, 2.45) is 0 Å². The van der Waals surface area contributed by atoms with Gasteiger partial charge >= 0.3 is 0 Å². The van der Waals surface area contributed by atoms with Gasteiger partial charge in [-0.25, -0.2) is 4.68 Å². The lowest BCUT2D eigenvalue weighted by Crippen LogP contribution is -2.17. The van der Waals surface area contributed by atoms with E-state index in [9.17, 15) is 4.79 Å². The predicted octanol–water partition coefficient (Wildman–Crippen LogP) is 3.94. The summed E-state index contributed by atoms with van der Waals surface area (Å²) < 4.78 is 2.17. The zero-order valence-corrected chi connectivity index (χ0v) is 13.5. The minimum Gasteiger partial charge on any atom is -0.298 e. The molecule has 0 saturated carbocycles. The van der Waals surface area contributed by atoms with E-state index in [0.29, 0.717) is 16.0 Å². The van der Waals surface area contributed by atoms with Crippen LogP contribution in [0.1, 0.15) is 32.0 Å². The van der Waals surface area contributed by atoms with Gasteiger partial charge in [-0.05, 0) is 27.6 Å². The molecule has 0 fully saturated rings. The molecule has 0 aliphatic carbocycles. The van der Waals surface area contributed by atoms with Crippen LogP contribution in [0.5, 0.6) is 0 Å². The van der Waals surface area contributed by atoms with Crippen molar-refractivity contribution in [3.8, 4) is 0 Å². The molecule has 0 radical (unpaired) electrons. The molecular weight excluding hydrogens is 328 g/mol. The van der Waals surface area contributed by atoms with E-state index in [1.807, 2.05) is 24.3 Å². The van der Waals surface area contributed by atoms with Crippen molar-refractivity contribution < 1.29 is 0 Å². The normalized spacial score (nSPS) is 11.8. The highest BCUT2D eigenvalue weighted by atomic mass is 79.9. The first-order valence-electron chi connectivity index (χ1n) is 6.03. The van der Waals surface area contributed by atoms with Crippen LogP contribution >= 0.6 is 27.5 Å². The number of aromatic amines is 1. The van der Waals surface area contributed by atoms with Crippen LogP contribution in [0.3, 0.4) is 0 Å². The number of nitrogens with zero attached hydrogens (tertiary/aromatic N) is 1. The Hall–Kier alpha value is -1.00. The minimum atomic E-state index is -0.121. The second-order valence-electron chi connectivity index (χ2n) is 5.53. The van der Waals surface area contributed by atoms with Gasteiger partial charge < -0.3 is 0 Å². The maximum absolute atomic E-state index is 12.2. The number of aromatic nitrogens is 2. The lowest BCUT2D eigenvalue weighted by atomic mass is 9.93. The SMILES string of the molecule is CC(C)(C)c1[nH]n(Cc2ccccc2Cl)c(=O)c1Br. The summed E-state index contributed by atoms with van der Waals surface area (Å²) in [6, 6.07) is 7.53. The van der Waals surface area contributed by atoms with Gasteiger partial charge in [0, 0.05) is 10.4 Å². The van der Waals surface area contributed by atoms with Crippen molar-refractivity contribution >= 4 is 27.5 Å². The van der Waals surface area contributed by atoms with Crippen LogP contribution in [0, 0.1) is 0 Å². The van der Waals surface area contributed by atoms with Gasteiger partial charge in [-0.1, -0.05) is 50.6 Å². The molecule has 2 aromatic rings. The van der Waals surface area contributed by atoms with E-state index >= 15 is 0 Å². The van der Waals surface area contributed by atoms with Crippen LogP contribution in [0.15, 0.2) is 33.5 Å². The molecule has 0 aliphatic heterocycles. The van der Waals surface area contributed by atoms with Gasteiger partial charge in [0.2, 0.25) is 0 Å². The smallest absolute Gasteiger partial charge is 0.281 e. The maximum atomic E-state index is 12.2. The second-order valence-corrected chi connectivity index (χ2v) is 6.73. The summed E-state index contributed by atoms with van der Waals surface area (Å²) in [5, 5.41) is 3.83. The average Bonchev–Trinajstić information content (AvgIpc) is 2.60. The molecule has 2 rings (SSSR count). The third-order valence-corrected chi connectivity index (χ3v) is 4.04. The van der Waals surface area contributed by atoms with Crippen LogP contribution in [0.25, 0.3) is 0 Å². The summed E-state index contributed by atoms with van der Waals surface area (Å²) in [6.45, 7) is 6.61. The lowest BCUT2D eigenvalue weighted by molar-refractivity contribution is 0.541. The molecule has 5 heteroatoms. The number of halogens is 2. The Kier molecular flexibility index (Phi) is 3.92. The first-order chi connectivity index (χ1) is 8.80. The Labute approximate surface area is 125 Å². The highest BCUT2D eigenvalue weighted by molar-refractivity contribution is 9.10. The van der Waals surface area contributed by atoms with Crippen molar-refractivity contribution in [3.05, 3.63) is 55.4 Å². The molecule has 1 aromatic carbocycles. The molecule has 0 unspecified atom stereocenters. The van der Waals surface area contributed by atoms with Crippen LogP contribution < -0.4 is 5.56 Å². The minimum absolute atomic E-state index is 0.0650. The summed E-state index contributed by atoms with van der Waals surface area (Å²) in [5.74, 6) is 0. The second kappa shape index (κ2) is 5.17. The van der Waals surface area contributed by atoms with Gasteiger partial charge in [-0.2, -0.15) is 0 Å². The molecule has 102 valence electrons. The summed E-state index contributed by atoms with van der Waals surface area (Å²) in [4.78, 5) is 12.2. The standard InChI is InChI=1S/C14H16BrClN2O/c1-14(2,3)12-11(15)13(19)18(17-12)8-9-6-4-5-7-10(9)16/h4-7,17H,8H2,1-3H3. The van der Waals surface area contributed by atoms with Crippen LogP contribution in [0.2, 0.25) is 5.02 Å². The molecule has 0 aliphatic rings. The molecule has 1 N–H and O–H groups in total. The number of rotatable bonds is 2. The Morgan fingerprint density at radius 3 is 2.47 bits per heavy atom. The topological polar surface area (TPSA) is 37.8 Å². The van der Waals surface area contributed by atoms with Crippen LogP contribution in [-0.2, 0) is 12.0 Å². The monoisotopic (exact) mass is 342 g/mol. The molecule has 0 bridgehead atoms. The zero-order chi connectivity index (χ0) is 14.2. The van der Waals surface area contributed by atoms with E-state index in [1.165, 1.54) is 0 Å². The number of H-pyrrole nitrogens is 1. The number of nitrogens with one attached hydrogen (secondary N) is 1. The number of hydrogen-bond acceptors (Lipinski definition) is 1. The predicted molar refractivity (Wildman–Crippen MR) is 82.0 cm³/mol. The largest absolute Gasteiger partial charge is 0.298 e. The Bertz CT molecular complexity index is 652. The molecule has 19 heavy (non-hydrogen) atoms. The van der Waals surface area contributed by atoms with Gasteiger partial charge in [0.25, 0.3) is 5.56 Å². The number of hydrogen-bond donors (Lipinski definition) is 1. The first-order valence-corrected chi connectivity index (χ1v) is 7.20. The Morgan fingerprint density at radius 2 is 1.95 bits per heavy atom. The average molecular weight is 344 g/mol. The van der Waals surface area contributed by atoms with Crippen molar-refractivity contribution in [2.75, 3.05) is 0 Å². The van der Waals surface area contributed by atoms with Gasteiger partial charge in [-0.3, -0.25) is 9.89 Å². The van der Waals surface area contributed by atoms with Gasteiger partial charge in [-0.15, -0.1) is 0 Å². The fourth-order valence-electron chi connectivity index (χ4n) is 1.87. The van der Waals surface area contributed by atoms with E-state index in [-0.39, 0.29) is 11.0 Å². The van der Waals surface area contributed by atoms with Gasteiger partial charge in [0.15, 0.2) is 0 Å². The molecule has 0 saturated heterocycles. The van der Waals surface area contributed by atoms with Gasteiger partial charge in [0.05, 0.1) is 12.2 Å². The van der Waals surface area contributed by atoms with Gasteiger partial charge in [0.1, 0.15) is 4.47 Å². The maximum Gasteiger partial charge on any atom is 0.281 e. The molecule has 1 aromatic heterocycles.